The van der Waals surface area contributed by atoms with Gasteiger partial charge in [-0.25, -0.2) is 15.6 Å². The zero-order valence-corrected chi connectivity index (χ0v) is 12.1. The molecule has 0 radical (unpaired) electrons. The summed E-state index contributed by atoms with van der Waals surface area (Å²) in [4.78, 5) is 27.9. The lowest BCUT2D eigenvalue weighted by Crippen LogP contribution is -2.48. The maximum Gasteiger partial charge on any atom is 0.328 e. The van der Waals surface area contributed by atoms with Gasteiger partial charge in [-0.15, -0.1) is 0 Å². The Balaban J connectivity index is 1.86. The van der Waals surface area contributed by atoms with Crippen LogP contribution in [-0.4, -0.2) is 35.6 Å². The molecule has 3 atom stereocenters. The third kappa shape index (κ3) is 3.99. The number of carbonyl (C=O) groups excluding carboxylic acids is 2. The first-order chi connectivity index (χ1) is 10.1. The van der Waals surface area contributed by atoms with Crippen molar-refractivity contribution in [2.45, 2.75) is 38.4 Å². The maximum absolute atomic E-state index is 12.1. The van der Waals surface area contributed by atoms with E-state index in [0.29, 0.717) is 13.0 Å². The smallest absolute Gasteiger partial charge is 0.328 e. The van der Waals surface area contributed by atoms with Crippen LogP contribution in [0.1, 0.15) is 32.0 Å². The Kier molecular flexibility index (Phi) is 5.24. The van der Waals surface area contributed by atoms with Crippen molar-refractivity contribution >= 4 is 11.9 Å². The van der Waals surface area contributed by atoms with Crippen molar-refractivity contribution < 1.29 is 14.3 Å². The van der Waals surface area contributed by atoms with Gasteiger partial charge >= 0.3 is 5.97 Å². The second-order valence-corrected chi connectivity index (χ2v) is 4.87. The highest BCUT2D eigenvalue weighted by Crippen LogP contribution is 2.20. The minimum atomic E-state index is -0.659. The Morgan fingerprint density at radius 3 is 2.95 bits per heavy atom. The predicted octanol–water partition coefficient (Wildman–Crippen LogP) is 0.0570. The molecule has 1 saturated heterocycles. The summed E-state index contributed by atoms with van der Waals surface area (Å²) < 4.78 is 4.86. The van der Waals surface area contributed by atoms with Gasteiger partial charge in [0.05, 0.1) is 18.3 Å². The largest absolute Gasteiger partial charge is 0.464 e. The fourth-order valence-electron chi connectivity index (χ4n) is 2.14. The first-order valence-corrected chi connectivity index (χ1v) is 7.00. The van der Waals surface area contributed by atoms with Gasteiger partial charge in [0.15, 0.2) is 0 Å². The van der Waals surface area contributed by atoms with Gasteiger partial charge in [0.25, 0.3) is 0 Å². The van der Waals surface area contributed by atoms with Gasteiger partial charge in [-0.3, -0.25) is 9.78 Å². The zero-order chi connectivity index (χ0) is 15.2. The minimum absolute atomic E-state index is 0.0279. The Morgan fingerprint density at radius 2 is 2.29 bits per heavy atom. The molecule has 3 N–H and O–H groups in total. The number of pyridine rings is 1. The van der Waals surface area contributed by atoms with Crippen LogP contribution in [0.3, 0.4) is 0 Å². The molecule has 2 heterocycles. The number of carbonyl (C=O) groups is 2. The van der Waals surface area contributed by atoms with E-state index in [2.05, 4.69) is 21.2 Å². The SMILES string of the molecule is CCOC(=O)C(C)NC(=O)C1CC(c2ccccn2)NN1. The Hall–Kier alpha value is -1.99. The van der Waals surface area contributed by atoms with E-state index in [1.54, 1.807) is 20.0 Å². The summed E-state index contributed by atoms with van der Waals surface area (Å²) in [7, 11) is 0. The molecule has 0 aliphatic carbocycles. The summed E-state index contributed by atoms with van der Waals surface area (Å²) >= 11 is 0. The van der Waals surface area contributed by atoms with Gasteiger partial charge in [0.2, 0.25) is 5.91 Å². The van der Waals surface area contributed by atoms with E-state index in [9.17, 15) is 9.59 Å². The highest BCUT2D eigenvalue weighted by molar-refractivity contribution is 5.87. The Morgan fingerprint density at radius 1 is 1.48 bits per heavy atom. The van der Waals surface area contributed by atoms with Crippen molar-refractivity contribution in [3.8, 4) is 0 Å². The van der Waals surface area contributed by atoms with Crippen LogP contribution in [-0.2, 0) is 14.3 Å². The average Bonchev–Trinajstić information content (AvgIpc) is 2.98. The zero-order valence-electron chi connectivity index (χ0n) is 12.1. The lowest BCUT2D eigenvalue weighted by atomic mass is 10.1. The van der Waals surface area contributed by atoms with E-state index in [0.717, 1.165) is 5.69 Å². The quantitative estimate of drug-likeness (QED) is 0.665. The fourth-order valence-corrected chi connectivity index (χ4v) is 2.14. The van der Waals surface area contributed by atoms with E-state index in [4.69, 9.17) is 4.74 Å². The lowest BCUT2D eigenvalue weighted by molar-refractivity contribution is -0.147. The fraction of sp³-hybridized carbons (Fsp3) is 0.500. The van der Waals surface area contributed by atoms with Crippen molar-refractivity contribution in [1.29, 1.82) is 0 Å². The van der Waals surface area contributed by atoms with Crippen LogP contribution in [0.2, 0.25) is 0 Å². The molecule has 0 aromatic carbocycles. The van der Waals surface area contributed by atoms with Gasteiger partial charge in [0.1, 0.15) is 12.1 Å². The van der Waals surface area contributed by atoms with Crippen LogP contribution in [0.4, 0.5) is 0 Å². The number of hydrogen-bond donors (Lipinski definition) is 3. The van der Waals surface area contributed by atoms with Crippen LogP contribution in [0, 0.1) is 0 Å². The lowest BCUT2D eigenvalue weighted by Gasteiger charge is -2.15. The number of nitrogens with one attached hydrogen (secondary N) is 3. The van der Waals surface area contributed by atoms with Crippen molar-refractivity contribution in [3.05, 3.63) is 30.1 Å². The maximum atomic E-state index is 12.1. The second-order valence-electron chi connectivity index (χ2n) is 4.87. The third-order valence-electron chi connectivity index (χ3n) is 3.26. The standard InChI is InChI=1S/C14H20N4O3/c1-3-21-14(20)9(2)16-13(19)12-8-11(17-18-12)10-6-4-5-7-15-10/h4-7,9,11-12,17-18H,3,8H2,1-2H3,(H,16,19). The van der Waals surface area contributed by atoms with Gasteiger partial charge in [-0.05, 0) is 32.4 Å². The number of nitrogens with zero attached hydrogens (tertiary/aromatic N) is 1. The third-order valence-corrected chi connectivity index (χ3v) is 3.26. The molecule has 21 heavy (non-hydrogen) atoms. The first kappa shape index (κ1) is 15.4. The number of ether oxygens (including phenoxy) is 1. The van der Waals surface area contributed by atoms with Crippen LogP contribution in [0.15, 0.2) is 24.4 Å². The van der Waals surface area contributed by atoms with Crippen molar-refractivity contribution in [1.82, 2.24) is 21.2 Å². The molecule has 1 fully saturated rings. The normalized spacial score (nSPS) is 22.6. The molecule has 1 aromatic rings. The summed E-state index contributed by atoms with van der Waals surface area (Å²) in [6, 6.07) is 4.56. The van der Waals surface area contributed by atoms with Gasteiger partial charge in [0, 0.05) is 6.20 Å². The van der Waals surface area contributed by atoms with Crippen LogP contribution < -0.4 is 16.2 Å². The first-order valence-electron chi connectivity index (χ1n) is 7.00. The molecule has 0 spiro atoms. The predicted molar refractivity (Wildman–Crippen MR) is 75.9 cm³/mol. The topological polar surface area (TPSA) is 92.3 Å². The van der Waals surface area contributed by atoms with E-state index < -0.39 is 18.1 Å². The van der Waals surface area contributed by atoms with Crippen LogP contribution in [0.5, 0.6) is 0 Å². The van der Waals surface area contributed by atoms with Crippen molar-refractivity contribution in [2.75, 3.05) is 6.61 Å². The summed E-state index contributed by atoms with van der Waals surface area (Å²) in [5, 5.41) is 2.64. The second kappa shape index (κ2) is 7.14. The summed E-state index contributed by atoms with van der Waals surface area (Å²) in [5.41, 5.74) is 6.84. The highest BCUT2D eigenvalue weighted by Gasteiger charge is 2.32. The number of amides is 1. The van der Waals surface area contributed by atoms with Gasteiger partial charge < -0.3 is 10.1 Å². The Bertz CT molecular complexity index is 494. The molecule has 1 amide bonds. The number of aromatic nitrogens is 1. The molecule has 114 valence electrons. The molecule has 3 unspecified atom stereocenters. The van der Waals surface area contributed by atoms with E-state index in [-0.39, 0.29) is 11.9 Å². The Labute approximate surface area is 123 Å². The van der Waals surface area contributed by atoms with Gasteiger partial charge in [-0.2, -0.15) is 0 Å². The average molecular weight is 292 g/mol. The molecule has 2 rings (SSSR count). The molecule has 0 bridgehead atoms. The van der Waals surface area contributed by atoms with Crippen LogP contribution >= 0.6 is 0 Å². The van der Waals surface area contributed by atoms with Crippen molar-refractivity contribution in [3.63, 3.8) is 0 Å². The monoisotopic (exact) mass is 292 g/mol. The molecular formula is C14H20N4O3. The molecule has 7 nitrogen and oxygen atoms in total. The molecular weight excluding hydrogens is 272 g/mol. The molecule has 7 heteroatoms. The number of hydrazine groups is 1. The summed E-state index contributed by atoms with van der Waals surface area (Å²) in [5.74, 6) is -0.667. The number of hydrogen-bond acceptors (Lipinski definition) is 6. The molecule has 1 aliphatic heterocycles. The van der Waals surface area contributed by atoms with E-state index in [1.165, 1.54) is 0 Å². The van der Waals surface area contributed by atoms with Crippen molar-refractivity contribution in [2.24, 2.45) is 0 Å². The minimum Gasteiger partial charge on any atom is -0.464 e. The van der Waals surface area contributed by atoms with Crippen LogP contribution in [0.25, 0.3) is 0 Å². The number of esters is 1. The highest BCUT2D eigenvalue weighted by atomic mass is 16.5. The summed E-state index contributed by atoms with van der Waals surface area (Å²) in [6.07, 6.45) is 2.28. The van der Waals surface area contributed by atoms with Gasteiger partial charge in [-0.1, -0.05) is 6.07 Å². The molecule has 1 aliphatic rings. The number of rotatable bonds is 5. The van der Waals surface area contributed by atoms with E-state index >= 15 is 0 Å². The van der Waals surface area contributed by atoms with E-state index in [1.807, 2.05) is 18.2 Å². The molecule has 0 saturated carbocycles. The molecule has 1 aromatic heterocycles. The summed E-state index contributed by atoms with van der Waals surface area (Å²) in [6.45, 7) is 3.63.